The molecule has 146 valence electrons. The minimum absolute atomic E-state index is 0.112. The molecule has 4 unspecified atom stereocenters. The van der Waals surface area contributed by atoms with Gasteiger partial charge in [-0.15, -0.1) is 0 Å². The number of benzene rings is 1. The third-order valence-corrected chi connectivity index (χ3v) is 5.68. The van der Waals surface area contributed by atoms with Crippen LogP contribution in [0, 0.1) is 0 Å². The number of hydrogen-bond donors (Lipinski definition) is 2. The van der Waals surface area contributed by atoms with E-state index in [0.29, 0.717) is 13.0 Å². The van der Waals surface area contributed by atoms with Gasteiger partial charge in [0.15, 0.2) is 0 Å². The molecule has 1 saturated carbocycles. The summed E-state index contributed by atoms with van der Waals surface area (Å²) in [4.78, 5) is 26.5. The summed E-state index contributed by atoms with van der Waals surface area (Å²) < 4.78 is 31.4. The predicted molar refractivity (Wildman–Crippen MR) is 96.4 cm³/mol. The summed E-state index contributed by atoms with van der Waals surface area (Å²) in [6.07, 6.45) is 0.769. The molecule has 0 bridgehead atoms. The number of likely N-dealkylation sites (tertiary alicyclic amines) is 1. The molecule has 4 atom stereocenters. The number of nitrogens with zero attached hydrogens (tertiary/aromatic N) is 2. The molecule has 2 N–H and O–H groups in total. The van der Waals surface area contributed by atoms with Crippen LogP contribution < -0.4 is 10.6 Å². The van der Waals surface area contributed by atoms with Gasteiger partial charge in [0.2, 0.25) is 0 Å². The van der Waals surface area contributed by atoms with Gasteiger partial charge in [-0.25, -0.2) is 4.79 Å². The van der Waals surface area contributed by atoms with Crippen molar-refractivity contribution in [2.24, 2.45) is 4.36 Å². The topological polar surface area (TPSA) is 117 Å². The predicted octanol–water partition coefficient (Wildman–Crippen LogP) is 0.478. The van der Waals surface area contributed by atoms with Gasteiger partial charge < -0.3 is 10.1 Å². The maximum absolute atomic E-state index is 12.9. The SMILES string of the molecule is CNC(=O)NC(=O)C1(N2CC(OC)CC2c2ccccc2)CC1N=S(=O)=O. The Morgan fingerprint density at radius 2 is 2.00 bits per heavy atom. The molecule has 0 radical (unpaired) electrons. The van der Waals surface area contributed by atoms with E-state index in [1.54, 1.807) is 7.11 Å². The van der Waals surface area contributed by atoms with Crippen molar-refractivity contribution in [1.29, 1.82) is 0 Å². The Balaban J connectivity index is 1.98. The molecule has 1 saturated heterocycles. The second-order valence-electron chi connectivity index (χ2n) is 6.67. The highest BCUT2D eigenvalue weighted by atomic mass is 32.2. The average Bonchev–Trinajstić information content (AvgIpc) is 3.20. The number of nitrogens with one attached hydrogen (secondary N) is 2. The van der Waals surface area contributed by atoms with E-state index in [9.17, 15) is 18.0 Å². The number of methoxy groups -OCH3 is 1. The third-order valence-electron chi connectivity index (χ3n) is 5.25. The van der Waals surface area contributed by atoms with Gasteiger partial charge in [-0.1, -0.05) is 30.3 Å². The lowest BCUT2D eigenvalue weighted by Crippen LogP contribution is -2.54. The number of carbonyl (C=O) groups excluding carboxylic acids is 2. The molecule has 0 aromatic heterocycles. The second kappa shape index (κ2) is 7.75. The highest BCUT2D eigenvalue weighted by Crippen LogP contribution is 2.52. The lowest BCUT2D eigenvalue weighted by Gasteiger charge is -2.32. The van der Waals surface area contributed by atoms with Gasteiger partial charge in [-0.2, -0.15) is 12.8 Å². The maximum Gasteiger partial charge on any atom is 0.321 e. The summed E-state index contributed by atoms with van der Waals surface area (Å²) in [5.41, 5.74) is -0.196. The van der Waals surface area contributed by atoms with E-state index in [1.165, 1.54) is 7.05 Å². The summed E-state index contributed by atoms with van der Waals surface area (Å²) >= 11 is 0. The van der Waals surface area contributed by atoms with Crippen molar-refractivity contribution in [3.8, 4) is 0 Å². The van der Waals surface area contributed by atoms with Gasteiger partial charge >= 0.3 is 16.5 Å². The third kappa shape index (κ3) is 3.73. The molecule has 3 amide bonds. The van der Waals surface area contributed by atoms with Crippen LogP contribution in [0.3, 0.4) is 0 Å². The largest absolute Gasteiger partial charge is 0.380 e. The molecule has 1 aliphatic heterocycles. The smallest absolute Gasteiger partial charge is 0.321 e. The fourth-order valence-electron chi connectivity index (χ4n) is 3.82. The Morgan fingerprint density at radius 1 is 1.30 bits per heavy atom. The van der Waals surface area contributed by atoms with E-state index < -0.39 is 34.0 Å². The Kier molecular flexibility index (Phi) is 5.59. The van der Waals surface area contributed by atoms with Crippen LogP contribution in [0.4, 0.5) is 4.79 Å². The Morgan fingerprint density at radius 3 is 2.59 bits per heavy atom. The van der Waals surface area contributed by atoms with Gasteiger partial charge in [0.25, 0.3) is 5.91 Å². The zero-order valence-electron chi connectivity index (χ0n) is 15.1. The normalized spacial score (nSPS) is 29.8. The van der Waals surface area contributed by atoms with E-state index in [-0.39, 0.29) is 18.6 Å². The van der Waals surface area contributed by atoms with Crippen molar-refractivity contribution in [2.75, 3.05) is 20.7 Å². The monoisotopic (exact) mass is 394 g/mol. The van der Waals surface area contributed by atoms with Crippen molar-refractivity contribution in [3.63, 3.8) is 0 Å². The molecule has 3 rings (SSSR count). The minimum atomic E-state index is -2.64. The lowest BCUT2D eigenvalue weighted by molar-refractivity contribution is -0.127. The van der Waals surface area contributed by atoms with E-state index in [4.69, 9.17) is 4.74 Å². The summed E-state index contributed by atoms with van der Waals surface area (Å²) in [6.45, 7) is 0.439. The van der Waals surface area contributed by atoms with Crippen molar-refractivity contribution >= 4 is 22.4 Å². The Labute approximate surface area is 158 Å². The lowest BCUT2D eigenvalue weighted by atomic mass is 10.0. The van der Waals surface area contributed by atoms with Gasteiger partial charge in [0.1, 0.15) is 5.54 Å². The van der Waals surface area contributed by atoms with E-state index in [2.05, 4.69) is 15.0 Å². The number of ether oxygens (including phenoxy) is 1. The molecule has 27 heavy (non-hydrogen) atoms. The zero-order valence-corrected chi connectivity index (χ0v) is 15.9. The van der Waals surface area contributed by atoms with Crippen LogP contribution in [0.15, 0.2) is 34.7 Å². The summed E-state index contributed by atoms with van der Waals surface area (Å²) in [7, 11) is 0.369. The van der Waals surface area contributed by atoms with Gasteiger partial charge in [-0.05, 0) is 12.0 Å². The first-order valence-corrected chi connectivity index (χ1v) is 9.63. The summed E-state index contributed by atoms with van der Waals surface area (Å²) in [5, 5.41) is 4.62. The van der Waals surface area contributed by atoms with Crippen LogP contribution >= 0.6 is 0 Å². The molecule has 1 aromatic rings. The number of hydrogen-bond acceptors (Lipinski definition) is 7. The van der Waals surface area contributed by atoms with Crippen molar-refractivity contribution in [3.05, 3.63) is 35.9 Å². The van der Waals surface area contributed by atoms with Crippen LogP contribution in [-0.2, 0) is 20.0 Å². The number of imide groups is 1. The number of rotatable bonds is 5. The molecule has 10 heteroatoms. The molecule has 1 heterocycles. The van der Waals surface area contributed by atoms with Crippen molar-refractivity contribution in [2.45, 2.75) is 36.6 Å². The number of amides is 3. The van der Waals surface area contributed by atoms with Gasteiger partial charge in [0, 0.05) is 33.2 Å². The van der Waals surface area contributed by atoms with Crippen LogP contribution in [0.25, 0.3) is 0 Å². The number of carbonyl (C=O) groups is 2. The van der Waals surface area contributed by atoms with Gasteiger partial charge in [0.05, 0.1) is 12.1 Å². The quantitative estimate of drug-likeness (QED) is 0.750. The van der Waals surface area contributed by atoms with Gasteiger partial charge in [-0.3, -0.25) is 15.0 Å². The standard InChI is InChI=1S/C17H22N4O5S/c1-18-16(23)19-15(22)17(9-14(17)20-27(24)25)21-10-12(26-2)8-13(21)11-6-4-3-5-7-11/h3-7,12-14H,8-10H2,1-2H3,(H2,18,19,22,23). The second-order valence-corrected chi connectivity index (χ2v) is 7.32. The van der Waals surface area contributed by atoms with E-state index in [1.807, 2.05) is 35.2 Å². The maximum atomic E-state index is 12.9. The first kappa shape index (κ1) is 19.5. The molecule has 2 aliphatic rings. The van der Waals surface area contributed by atoms with Crippen molar-refractivity contribution < 1.29 is 22.7 Å². The first-order chi connectivity index (χ1) is 12.9. The van der Waals surface area contributed by atoms with Crippen LogP contribution in [0.5, 0.6) is 0 Å². The highest BCUT2D eigenvalue weighted by molar-refractivity contribution is 7.61. The fraction of sp³-hybridized carbons (Fsp3) is 0.529. The molecular weight excluding hydrogens is 372 g/mol. The van der Waals surface area contributed by atoms with Crippen LogP contribution in [-0.4, -0.2) is 63.6 Å². The van der Waals surface area contributed by atoms with Crippen LogP contribution in [0.2, 0.25) is 0 Å². The molecule has 9 nitrogen and oxygen atoms in total. The summed E-state index contributed by atoms with van der Waals surface area (Å²) in [5.74, 6) is -0.557. The van der Waals surface area contributed by atoms with E-state index >= 15 is 0 Å². The highest BCUT2D eigenvalue weighted by Gasteiger charge is 2.67. The van der Waals surface area contributed by atoms with E-state index in [0.717, 1.165) is 5.56 Å². The zero-order chi connectivity index (χ0) is 19.6. The molecule has 1 aromatic carbocycles. The number of urea groups is 1. The van der Waals surface area contributed by atoms with Crippen LogP contribution in [0.1, 0.15) is 24.4 Å². The first-order valence-electron chi connectivity index (χ1n) is 8.60. The Hall–Kier alpha value is -2.30. The Bertz CT molecular complexity index is 851. The minimum Gasteiger partial charge on any atom is -0.380 e. The molecule has 0 spiro atoms. The molecule has 1 aliphatic carbocycles. The molecular formula is C17H22N4O5S. The fourth-order valence-corrected chi connectivity index (χ4v) is 4.28. The summed E-state index contributed by atoms with van der Waals surface area (Å²) in [6, 6.07) is 8.11. The average molecular weight is 394 g/mol. The van der Waals surface area contributed by atoms with Crippen molar-refractivity contribution in [1.82, 2.24) is 15.5 Å². The molecule has 2 fully saturated rings.